The summed E-state index contributed by atoms with van der Waals surface area (Å²) in [5.74, 6) is 3.56. The molecule has 1 aliphatic heterocycles. The number of aliphatic imine (C=N–C) groups is 1. The molecule has 0 spiro atoms. The number of aromatic nitrogens is 3. The first-order valence-electron chi connectivity index (χ1n) is 9.46. The Kier molecular flexibility index (Phi) is 8.75. The minimum atomic E-state index is 0. The zero-order chi connectivity index (χ0) is 19.1. The van der Waals surface area contributed by atoms with Gasteiger partial charge in [-0.15, -0.1) is 24.0 Å². The number of nitrogens with zero attached hydrogens (tertiary/aromatic N) is 4. The molecule has 1 atom stereocenters. The van der Waals surface area contributed by atoms with Crippen molar-refractivity contribution in [1.82, 2.24) is 25.4 Å². The molecule has 3 rings (SSSR count). The van der Waals surface area contributed by atoms with E-state index in [1.807, 2.05) is 35.9 Å². The Bertz CT molecular complexity index is 804. The lowest BCUT2D eigenvalue weighted by Crippen LogP contribution is -2.47. The first-order chi connectivity index (χ1) is 13.2. The van der Waals surface area contributed by atoms with Crippen LogP contribution in [0.3, 0.4) is 0 Å². The van der Waals surface area contributed by atoms with Gasteiger partial charge in [-0.2, -0.15) is 5.10 Å². The molecule has 0 saturated heterocycles. The first kappa shape index (κ1) is 22.2. The third-order valence-electron chi connectivity index (χ3n) is 4.39. The van der Waals surface area contributed by atoms with Crippen LogP contribution in [0, 0.1) is 6.92 Å². The molecule has 0 fully saturated rings. The van der Waals surface area contributed by atoms with Crippen LogP contribution in [0.2, 0.25) is 0 Å². The quantitative estimate of drug-likeness (QED) is 0.267. The van der Waals surface area contributed by atoms with Crippen molar-refractivity contribution in [3.05, 3.63) is 54.1 Å². The Morgan fingerprint density at radius 3 is 3.04 bits per heavy atom. The van der Waals surface area contributed by atoms with E-state index >= 15 is 0 Å². The molecule has 1 aromatic heterocycles. The van der Waals surface area contributed by atoms with Gasteiger partial charge in [-0.05, 0) is 26.3 Å². The summed E-state index contributed by atoms with van der Waals surface area (Å²) in [5, 5.41) is 11.3. The van der Waals surface area contributed by atoms with E-state index in [9.17, 15) is 0 Å². The van der Waals surface area contributed by atoms with Crippen LogP contribution in [0.4, 0.5) is 0 Å². The van der Waals surface area contributed by atoms with Gasteiger partial charge in [0, 0.05) is 24.6 Å². The number of nitrogens with one attached hydrogen (secondary N) is 2. The van der Waals surface area contributed by atoms with E-state index in [1.54, 1.807) is 6.08 Å². The smallest absolute Gasteiger partial charge is 0.191 e. The summed E-state index contributed by atoms with van der Waals surface area (Å²) < 4.78 is 7.72. The number of hydrogen-bond acceptors (Lipinski definition) is 4. The van der Waals surface area contributed by atoms with E-state index in [4.69, 9.17) is 9.73 Å². The average molecular weight is 496 g/mol. The Balaban J connectivity index is 0.00000280. The second-order valence-corrected chi connectivity index (χ2v) is 6.54. The zero-order valence-electron chi connectivity index (χ0n) is 16.5. The summed E-state index contributed by atoms with van der Waals surface area (Å²) in [6.45, 7) is 10.3. The van der Waals surface area contributed by atoms with Gasteiger partial charge < -0.3 is 15.4 Å². The maximum Gasteiger partial charge on any atom is 0.191 e. The molecule has 2 aromatic rings. The molecule has 1 aliphatic rings. The summed E-state index contributed by atoms with van der Waals surface area (Å²) in [6, 6.07) is 8.25. The van der Waals surface area contributed by atoms with Gasteiger partial charge in [0.1, 0.15) is 24.0 Å². The van der Waals surface area contributed by atoms with Crippen LogP contribution in [0.1, 0.15) is 30.6 Å². The summed E-state index contributed by atoms with van der Waals surface area (Å²) >= 11 is 0. The lowest BCUT2D eigenvalue weighted by Gasteiger charge is -2.25. The second kappa shape index (κ2) is 11.0. The fraction of sp³-hybridized carbons (Fsp3) is 0.450. The molecular formula is C20H29IN6O. The highest BCUT2D eigenvalue weighted by molar-refractivity contribution is 14.0. The number of halogens is 1. The van der Waals surface area contributed by atoms with Crippen molar-refractivity contribution >= 4 is 29.9 Å². The van der Waals surface area contributed by atoms with Crippen molar-refractivity contribution in [2.45, 2.75) is 45.8 Å². The van der Waals surface area contributed by atoms with E-state index in [1.165, 1.54) is 0 Å². The Morgan fingerprint density at radius 1 is 1.43 bits per heavy atom. The normalized spacial score (nSPS) is 15.9. The van der Waals surface area contributed by atoms with Crippen LogP contribution >= 0.6 is 24.0 Å². The van der Waals surface area contributed by atoms with Crippen LogP contribution in [0.5, 0.6) is 5.75 Å². The zero-order valence-corrected chi connectivity index (χ0v) is 18.8. The number of aryl methyl sites for hydroxylation is 2. The molecular weight excluding hydrogens is 467 g/mol. The number of benzene rings is 1. The SMILES string of the molecule is C=CCOc1ccccc1CN=C(NCC)NC1CCc2nc(C)nn2C1.I. The Hall–Kier alpha value is -2.10. The second-order valence-electron chi connectivity index (χ2n) is 6.54. The first-order valence-corrected chi connectivity index (χ1v) is 9.46. The van der Waals surface area contributed by atoms with E-state index in [-0.39, 0.29) is 30.0 Å². The number of rotatable bonds is 7. The van der Waals surface area contributed by atoms with Gasteiger partial charge in [0.2, 0.25) is 0 Å². The molecule has 0 bridgehead atoms. The Labute approximate surface area is 183 Å². The number of para-hydroxylation sites is 1. The lowest BCUT2D eigenvalue weighted by atomic mass is 10.1. The molecule has 0 radical (unpaired) electrons. The number of guanidine groups is 1. The summed E-state index contributed by atoms with van der Waals surface area (Å²) in [6.07, 6.45) is 3.69. The van der Waals surface area contributed by atoms with Gasteiger partial charge in [-0.25, -0.2) is 14.7 Å². The molecule has 2 N–H and O–H groups in total. The largest absolute Gasteiger partial charge is 0.489 e. The van der Waals surface area contributed by atoms with Gasteiger partial charge in [0.15, 0.2) is 5.96 Å². The van der Waals surface area contributed by atoms with Crippen molar-refractivity contribution in [3.8, 4) is 5.75 Å². The third-order valence-corrected chi connectivity index (χ3v) is 4.39. The molecule has 8 heteroatoms. The predicted octanol–water partition coefficient (Wildman–Crippen LogP) is 2.84. The molecule has 1 unspecified atom stereocenters. The minimum absolute atomic E-state index is 0. The minimum Gasteiger partial charge on any atom is -0.489 e. The van der Waals surface area contributed by atoms with Gasteiger partial charge in [0.25, 0.3) is 0 Å². The molecule has 7 nitrogen and oxygen atoms in total. The van der Waals surface area contributed by atoms with Crippen molar-refractivity contribution in [2.24, 2.45) is 4.99 Å². The fourth-order valence-corrected chi connectivity index (χ4v) is 3.15. The van der Waals surface area contributed by atoms with E-state index < -0.39 is 0 Å². The standard InChI is InChI=1S/C20H28N6O.HI/c1-4-12-27-18-9-7-6-8-16(18)13-22-20(21-5-2)24-17-10-11-19-23-15(3)25-26(19)14-17;/h4,6-9,17H,1,5,10-14H2,2-3H3,(H2,21,22,24);1H. The number of fused-ring (bicyclic) bond motifs is 1. The van der Waals surface area contributed by atoms with Crippen molar-refractivity contribution < 1.29 is 4.74 Å². The maximum absolute atomic E-state index is 5.72. The highest BCUT2D eigenvalue weighted by atomic mass is 127. The monoisotopic (exact) mass is 496 g/mol. The maximum atomic E-state index is 5.72. The van der Waals surface area contributed by atoms with Crippen LogP contribution in [0.25, 0.3) is 0 Å². The average Bonchev–Trinajstić information content (AvgIpc) is 3.04. The predicted molar refractivity (Wildman–Crippen MR) is 122 cm³/mol. The highest BCUT2D eigenvalue weighted by Crippen LogP contribution is 2.19. The molecule has 0 aliphatic carbocycles. The number of ether oxygens (including phenoxy) is 1. The third kappa shape index (κ3) is 5.95. The van der Waals surface area contributed by atoms with Crippen LogP contribution in [0.15, 0.2) is 41.9 Å². The molecule has 2 heterocycles. The van der Waals surface area contributed by atoms with Gasteiger partial charge in [0.05, 0.1) is 13.1 Å². The topological polar surface area (TPSA) is 76.4 Å². The highest BCUT2D eigenvalue weighted by Gasteiger charge is 2.21. The summed E-state index contributed by atoms with van der Waals surface area (Å²) in [7, 11) is 0. The summed E-state index contributed by atoms with van der Waals surface area (Å²) in [5.41, 5.74) is 1.05. The fourth-order valence-electron chi connectivity index (χ4n) is 3.15. The van der Waals surface area contributed by atoms with Crippen molar-refractivity contribution in [1.29, 1.82) is 0 Å². The van der Waals surface area contributed by atoms with Crippen molar-refractivity contribution in [2.75, 3.05) is 13.2 Å². The van der Waals surface area contributed by atoms with Gasteiger partial charge >= 0.3 is 0 Å². The van der Waals surface area contributed by atoms with E-state index in [0.29, 0.717) is 13.2 Å². The van der Waals surface area contributed by atoms with Crippen molar-refractivity contribution in [3.63, 3.8) is 0 Å². The molecule has 28 heavy (non-hydrogen) atoms. The molecule has 152 valence electrons. The van der Waals surface area contributed by atoms with Gasteiger partial charge in [-0.3, -0.25) is 0 Å². The van der Waals surface area contributed by atoms with Crippen LogP contribution in [-0.2, 0) is 19.5 Å². The van der Waals surface area contributed by atoms with Gasteiger partial charge in [-0.1, -0.05) is 30.9 Å². The van der Waals surface area contributed by atoms with Crippen LogP contribution in [-0.4, -0.2) is 39.9 Å². The Morgan fingerprint density at radius 2 is 2.25 bits per heavy atom. The van der Waals surface area contributed by atoms with E-state index in [0.717, 1.165) is 54.9 Å². The number of hydrogen-bond donors (Lipinski definition) is 2. The van der Waals surface area contributed by atoms with Crippen LogP contribution < -0.4 is 15.4 Å². The summed E-state index contributed by atoms with van der Waals surface area (Å²) in [4.78, 5) is 9.22. The lowest BCUT2D eigenvalue weighted by molar-refractivity contribution is 0.359. The molecule has 0 amide bonds. The van der Waals surface area contributed by atoms with E-state index in [2.05, 4.69) is 34.2 Å². The molecule has 0 saturated carbocycles. The molecule has 1 aromatic carbocycles.